The zero-order valence-corrected chi connectivity index (χ0v) is 20.4. The molecule has 196 valence electrons. The van der Waals surface area contributed by atoms with E-state index in [1.807, 2.05) is 0 Å². The summed E-state index contributed by atoms with van der Waals surface area (Å²) in [6.07, 6.45) is -4.32. The number of rotatable bonds is 3. The molecule has 12 nitrogen and oxygen atoms in total. The van der Waals surface area contributed by atoms with Gasteiger partial charge in [-0.25, -0.2) is 0 Å². The zero-order valence-electron chi connectivity index (χ0n) is 20.4. The maximum atomic E-state index is 13.9. The van der Waals surface area contributed by atoms with Gasteiger partial charge < -0.3 is 30.0 Å². The number of ketones is 2. The van der Waals surface area contributed by atoms with E-state index in [-0.39, 0.29) is 11.5 Å². The number of aliphatic hydroxyl groups excluding tert-OH is 1. The molecular formula is C24H30N2O10. The third-order valence-corrected chi connectivity index (χ3v) is 8.20. The molecule has 4 aliphatic carbocycles. The fraction of sp³-hybridized carbons (Fsp3) is 0.750. The van der Waals surface area contributed by atoms with Crippen LogP contribution < -0.4 is 0 Å². The van der Waals surface area contributed by atoms with Gasteiger partial charge in [0.1, 0.15) is 35.4 Å². The minimum absolute atomic E-state index is 0.204. The fourth-order valence-electron chi connectivity index (χ4n) is 7.07. The van der Waals surface area contributed by atoms with Gasteiger partial charge in [-0.1, -0.05) is 6.42 Å². The summed E-state index contributed by atoms with van der Waals surface area (Å²) in [5.41, 5.74) is 7.69. The van der Waals surface area contributed by atoms with E-state index in [2.05, 4.69) is 4.79 Å². The van der Waals surface area contributed by atoms with E-state index in [1.165, 1.54) is 6.92 Å². The molecule has 11 atom stereocenters. The summed E-state index contributed by atoms with van der Waals surface area (Å²) >= 11 is 0. The number of Topliss-reactive ketones (excluding diaryl/α,β-unsaturated/α-hetero) is 2. The lowest BCUT2D eigenvalue weighted by Crippen LogP contribution is -2.69. The molecule has 2 N–H and O–H groups in total. The SMILES string of the molecule is CC(=O)O[C@@H]1C2C(=[N+]=[N-])C3C(=O)C4C(O)CCCC4C(=O)C3C2[C@H](OC(C)=O)[C@@H](OC(C)=O)[C@]1(C)O. The van der Waals surface area contributed by atoms with Crippen LogP contribution >= 0.6 is 0 Å². The second-order valence-electron chi connectivity index (χ2n) is 10.4. The van der Waals surface area contributed by atoms with E-state index in [9.17, 15) is 39.7 Å². The molecule has 4 rings (SSSR count). The number of hydrogen-bond acceptors (Lipinski definition) is 10. The van der Waals surface area contributed by atoms with Crippen LogP contribution in [-0.4, -0.2) is 80.2 Å². The molecule has 0 aromatic rings. The molecule has 0 amide bonds. The van der Waals surface area contributed by atoms with Gasteiger partial charge >= 0.3 is 17.9 Å². The average Bonchev–Trinajstić information content (AvgIpc) is 3.12. The number of fused-ring (bicyclic) bond motifs is 4. The Morgan fingerprint density at radius 3 is 2.06 bits per heavy atom. The van der Waals surface area contributed by atoms with E-state index in [0.29, 0.717) is 19.3 Å². The van der Waals surface area contributed by atoms with E-state index in [1.54, 1.807) is 0 Å². The van der Waals surface area contributed by atoms with Crippen molar-refractivity contribution in [3.05, 3.63) is 5.53 Å². The lowest BCUT2D eigenvalue weighted by molar-refractivity contribution is -0.250. The highest BCUT2D eigenvalue weighted by molar-refractivity contribution is 6.15. The lowest BCUT2D eigenvalue weighted by Gasteiger charge is -2.51. The van der Waals surface area contributed by atoms with Crippen molar-refractivity contribution in [2.45, 2.75) is 77.0 Å². The quantitative estimate of drug-likeness (QED) is 0.221. The number of hydrogen-bond donors (Lipinski definition) is 2. The predicted molar refractivity (Wildman–Crippen MR) is 117 cm³/mol. The van der Waals surface area contributed by atoms with Crippen molar-refractivity contribution in [2.75, 3.05) is 0 Å². The van der Waals surface area contributed by atoms with Gasteiger partial charge in [-0.15, -0.1) is 0 Å². The highest BCUT2D eigenvalue weighted by Crippen LogP contribution is 2.57. The summed E-state index contributed by atoms with van der Waals surface area (Å²) in [4.78, 5) is 67.1. The van der Waals surface area contributed by atoms with Crippen LogP contribution in [0.25, 0.3) is 5.53 Å². The van der Waals surface area contributed by atoms with Gasteiger partial charge in [-0.05, 0) is 19.8 Å². The number of ether oxygens (including phenoxy) is 3. The highest BCUT2D eigenvalue weighted by Gasteiger charge is 2.75. The molecule has 7 unspecified atom stereocenters. The van der Waals surface area contributed by atoms with Gasteiger partial charge in [-0.2, -0.15) is 4.79 Å². The number of carbonyl (C=O) groups excluding carboxylic acids is 5. The molecule has 0 aromatic heterocycles. The van der Waals surface area contributed by atoms with Gasteiger partial charge in [0.25, 0.3) is 5.71 Å². The first-order valence-electron chi connectivity index (χ1n) is 12.0. The van der Waals surface area contributed by atoms with Crippen molar-refractivity contribution >= 4 is 35.2 Å². The Kier molecular flexibility index (Phi) is 6.65. The van der Waals surface area contributed by atoms with Crippen LogP contribution in [0.2, 0.25) is 0 Å². The van der Waals surface area contributed by atoms with Crippen molar-refractivity contribution in [3.63, 3.8) is 0 Å². The smallest absolute Gasteiger partial charge is 0.303 e. The second kappa shape index (κ2) is 9.17. The van der Waals surface area contributed by atoms with Crippen LogP contribution in [0, 0.1) is 35.5 Å². The standard InChI is InChI=1S/C24H30N2O10/c1-8(27)34-21-15-14-16(20(32)13-11(19(14)31)6-5-7-12(13)30)18(26-25)17(15)22(35-9(2)28)24(4,33)23(21)36-10(3)29/h11-17,21-23,30,33H,5-7H2,1-4H3/t11?,12?,13?,14?,15?,16?,17?,21-,22+,23+,24+/m0/s1. The van der Waals surface area contributed by atoms with E-state index < -0.39 is 89.2 Å². The van der Waals surface area contributed by atoms with Crippen LogP contribution in [-0.2, 0) is 38.2 Å². The van der Waals surface area contributed by atoms with Gasteiger partial charge in [0.05, 0.1) is 12.0 Å². The van der Waals surface area contributed by atoms with Crippen LogP contribution in [0.4, 0.5) is 0 Å². The van der Waals surface area contributed by atoms with E-state index in [4.69, 9.17) is 14.2 Å². The fourth-order valence-corrected chi connectivity index (χ4v) is 7.07. The van der Waals surface area contributed by atoms with E-state index in [0.717, 1.165) is 20.8 Å². The Balaban J connectivity index is 1.94. The Morgan fingerprint density at radius 2 is 1.50 bits per heavy atom. The molecule has 0 aliphatic heterocycles. The third-order valence-electron chi connectivity index (χ3n) is 8.20. The summed E-state index contributed by atoms with van der Waals surface area (Å²) in [6.45, 7) is 4.48. The average molecular weight is 507 g/mol. The molecule has 4 fully saturated rings. The van der Waals surface area contributed by atoms with Crippen molar-refractivity contribution in [3.8, 4) is 0 Å². The van der Waals surface area contributed by atoms with Crippen molar-refractivity contribution in [2.24, 2.45) is 35.5 Å². The summed E-state index contributed by atoms with van der Waals surface area (Å²) < 4.78 is 16.4. The maximum absolute atomic E-state index is 13.9. The van der Waals surface area contributed by atoms with Crippen LogP contribution in [0.1, 0.15) is 47.0 Å². The normalized spacial score (nSPS) is 43.4. The molecule has 0 heterocycles. The maximum Gasteiger partial charge on any atom is 0.303 e. The summed E-state index contributed by atoms with van der Waals surface area (Å²) in [6, 6.07) is 0. The molecule has 4 aliphatic rings. The molecule has 12 heteroatoms. The zero-order chi connectivity index (χ0) is 26.7. The Labute approximate surface area is 206 Å². The summed E-state index contributed by atoms with van der Waals surface area (Å²) in [7, 11) is 0. The largest absolute Gasteiger partial charge is 0.458 e. The summed E-state index contributed by atoms with van der Waals surface area (Å²) in [5, 5.41) is 22.1. The Morgan fingerprint density at radius 1 is 0.917 bits per heavy atom. The van der Waals surface area contributed by atoms with Gasteiger partial charge in [-0.3, -0.25) is 24.0 Å². The Hall–Kier alpha value is -2.95. The first kappa shape index (κ1) is 26.1. The van der Waals surface area contributed by atoms with Crippen molar-refractivity contribution in [1.82, 2.24) is 0 Å². The summed E-state index contributed by atoms with van der Waals surface area (Å²) in [5.74, 6) is -9.90. The van der Waals surface area contributed by atoms with Gasteiger partial charge in [0.15, 0.2) is 11.9 Å². The molecule has 0 bridgehead atoms. The predicted octanol–water partition coefficient (Wildman–Crippen LogP) is -0.376. The third kappa shape index (κ3) is 3.88. The van der Waals surface area contributed by atoms with Crippen LogP contribution in [0.15, 0.2) is 0 Å². The topological polar surface area (TPSA) is 190 Å². The number of nitrogens with zero attached hydrogens (tertiary/aromatic N) is 2. The lowest BCUT2D eigenvalue weighted by atomic mass is 9.58. The molecule has 0 spiro atoms. The van der Waals surface area contributed by atoms with Crippen molar-refractivity contribution < 1.29 is 53.2 Å². The minimum Gasteiger partial charge on any atom is -0.458 e. The van der Waals surface area contributed by atoms with Gasteiger partial charge in [0.2, 0.25) is 0 Å². The first-order chi connectivity index (χ1) is 16.8. The first-order valence-corrected chi connectivity index (χ1v) is 12.0. The molecular weight excluding hydrogens is 476 g/mol. The number of esters is 3. The van der Waals surface area contributed by atoms with E-state index >= 15 is 0 Å². The molecule has 0 aromatic carbocycles. The number of aliphatic hydroxyl groups is 2. The molecule has 0 radical (unpaired) electrons. The number of carbonyl (C=O) groups is 5. The molecule has 0 saturated heterocycles. The highest BCUT2D eigenvalue weighted by atomic mass is 16.6. The van der Waals surface area contributed by atoms with Crippen LogP contribution in [0.3, 0.4) is 0 Å². The molecule has 36 heavy (non-hydrogen) atoms. The second-order valence-corrected chi connectivity index (χ2v) is 10.4. The van der Waals surface area contributed by atoms with Gasteiger partial charge in [0, 0.05) is 38.5 Å². The Bertz CT molecular complexity index is 1060. The van der Waals surface area contributed by atoms with Crippen molar-refractivity contribution in [1.29, 1.82) is 0 Å². The monoisotopic (exact) mass is 506 g/mol. The molecule has 4 saturated carbocycles. The minimum atomic E-state index is -2.17. The van der Waals surface area contributed by atoms with Crippen LogP contribution in [0.5, 0.6) is 0 Å².